The van der Waals surface area contributed by atoms with Gasteiger partial charge in [-0.05, 0) is 32.1 Å². The minimum atomic E-state index is -0.706. The Kier molecular flexibility index (Phi) is 9.84. The molecule has 0 amide bonds. The van der Waals surface area contributed by atoms with Gasteiger partial charge in [-0.15, -0.1) is 0 Å². The van der Waals surface area contributed by atoms with Crippen molar-refractivity contribution in [3.63, 3.8) is 0 Å². The summed E-state index contributed by atoms with van der Waals surface area (Å²) in [5.41, 5.74) is 0. The number of carboxylic acid groups (broad SMARTS) is 1. The fourth-order valence-corrected chi connectivity index (χ4v) is 2.46. The Balaban J connectivity index is 1.95. The zero-order chi connectivity index (χ0) is 16.2. The maximum Gasteiger partial charge on any atom is 0.303 e. The fraction of sp³-hybridized carbons (Fsp3) is 0.722. The second kappa shape index (κ2) is 11.4. The van der Waals surface area contributed by atoms with Crippen LogP contribution in [0.1, 0.15) is 64.7 Å². The van der Waals surface area contributed by atoms with E-state index in [2.05, 4.69) is 19.1 Å². The van der Waals surface area contributed by atoms with E-state index in [1.807, 2.05) is 12.2 Å². The van der Waals surface area contributed by atoms with Gasteiger partial charge in [0, 0.05) is 6.42 Å². The van der Waals surface area contributed by atoms with E-state index in [1.165, 1.54) is 0 Å². The number of hydrogen-bond acceptors (Lipinski definition) is 3. The van der Waals surface area contributed by atoms with Gasteiger partial charge in [0.05, 0.1) is 6.10 Å². The molecule has 1 saturated heterocycles. The van der Waals surface area contributed by atoms with Crippen LogP contribution in [0.3, 0.4) is 0 Å². The third kappa shape index (κ3) is 9.00. The van der Waals surface area contributed by atoms with Crippen molar-refractivity contribution < 1.29 is 19.7 Å². The second-order valence-corrected chi connectivity index (χ2v) is 5.87. The number of aliphatic carboxylic acids is 1. The number of rotatable bonds is 13. The van der Waals surface area contributed by atoms with Crippen molar-refractivity contribution >= 4 is 5.97 Å². The molecule has 0 aromatic rings. The molecule has 3 atom stereocenters. The number of ether oxygens (including phenoxy) is 1. The van der Waals surface area contributed by atoms with Gasteiger partial charge in [-0.25, -0.2) is 0 Å². The molecule has 0 aliphatic carbocycles. The van der Waals surface area contributed by atoms with E-state index in [0.29, 0.717) is 0 Å². The largest absolute Gasteiger partial charge is 0.481 e. The third-order valence-corrected chi connectivity index (χ3v) is 3.82. The SMILES string of the molecule is CC/C=C\C[C@@H]1O[C@@H]1[C@@H](O)/C=C\CCCCCCCC(=O)O. The highest BCUT2D eigenvalue weighted by Gasteiger charge is 2.42. The summed E-state index contributed by atoms with van der Waals surface area (Å²) < 4.78 is 5.47. The number of aliphatic hydroxyl groups is 1. The first-order valence-electron chi connectivity index (χ1n) is 8.52. The maximum absolute atomic E-state index is 10.3. The minimum Gasteiger partial charge on any atom is -0.481 e. The predicted molar refractivity (Wildman–Crippen MR) is 87.8 cm³/mol. The summed E-state index contributed by atoms with van der Waals surface area (Å²) in [7, 11) is 0. The van der Waals surface area contributed by atoms with E-state index in [-0.39, 0.29) is 18.6 Å². The molecule has 22 heavy (non-hydrogen) atoms. The minimum absolute atomic E-state index is 0.0335. The molecule has 1 heterocycles. The lowest BCUT2D eigenvalue weighted by atomic mass is 10.1. The van der Waals surface area contributed by atoms with Gasteiger partial charge in [0.2, 0.25) is 0 Å². The first-order valence-corrected chi connectivity index (χ1v) is 8.52. The lowest BCUT2D eigenvalue weighted by Gasteiger charge is -2.01. The normalized spacial score (nSPS) is 22.5. The lowest BCUT2D eigenvalue weighted by molar-refractivity contribution is -0.137. The van der Waals surface area contributed by atoms with Crippen molar-refractivity contribution in [2.75, 3.05) is 0 Å². The van der Waals surface area contributed by atoms with Crippen LogP contribution in [0.5, 0.6) is 0 Å². The second-order valence-electron chi connectivity index (χ2n) is 5.87. The molecule has 1 fully saturated rings. The number of allylic oxidation sites excluding steroid dienone is 2. The molecule has 4 heteroatoms. The van der Waals surface area contributed by atoms with Crippen molar-refractivity contribution in [2.24, 2.45) is 0 Å². The quantitative estimate of drug-likeness (QED) is 0.308. The number of unbranched alkanes of at least 4 members (excludes halogenated alkanes) is 5. The number of carbonyl (C=O) groups is 1. The van der Waals surface area contributed by atoms with Crippen molar-refractivity contribution in [1.82, 2.24) is 0 Å². The van der Waals surface area contributed by atoms with E-state index < -0.39 is 12.1 Å². The van der Waals surface area contributed by atoms with E-state index >= 15 is 0 Å². The van der Waals surface area contributed by atoms with Gasteiger partial charge >= 0.3 is 5.97 Å². The molecule has 1 aliphatic heterocycles. The summed E-state index contributed by atoms with van der Waals surface area (Å²) in [5, 5.41) is 18.5. The molecule has 1 aliphatic rings. The zero-order valence-corrected chi connectivity index (χ0v) is 13.6. The maximum atomic E-state index is 10.3. The summed E-state index contributed by atoms with van der Waals surface area (Å²) in [6.45, 7) is 2.10. The molecular weight excluding hydrogens is 280 g/mol. The number of epoxide rings is 1. The summed E-state index contributed by atoms with van der Waals surface area (Å²) in [4.78, 5) is 10.3. The van der Waals surface area contributed by atoms with Crippen LogP contribution in [0.2, 0.25) is 0 Å². The van der Waals surface area contributed by atoms with Crippen LogP contribution in [-0.2, 0) is 9.53 Å². The van der Waals surface area contributed by atoms with Gasteiger partial charge in [-0.2, -0.15) is 0 Å². The van der Waals surface area contributed by atoms with Crippen LogP contribution in [-0.4, -0.2) is 34.5 Å². The zero-order valence-electron chi connectivity index (χ0n) is 13.6. The van der Waals surface area contributed by atoms with Gasteiger partial charge in [-0.3, -0.25) is 4.79 Å². The monoisotopic (exact) mass is 310 g/mol. The molecule has 0 radical (unpaired) electrons. The number of carboxylic acids is 1. The molecule has 0 spiro atoms. The molecule has 0 saturated carbocycles. The highest BCUT2D eigenvalue weighted by atomic mass is 16.6. The van der Waals surface area contributed by atoms with Gasteiger partial charge < -0.3 is 14.9 Å². The molecule has 0 aromatic carbocycles. The highest BCUT2D eigenvalue weighted by Crippen LogP contribution is 2.29. The average Bonchev–Trinajstić information content (AvgIpc) is 3.25. The topological polar surface area (TPSA) is 70.1 Å². The Morgan fingerprint density at radius 3 is 2.59 bits per heavy atom. The molecule has 4 nitrogen and oxygen atoms in total. The van der Waals surface area contributed by atoms with Crippen LogP contribution in [0.4, 0.5) is 0 Å². The number of aliphatic hydroxyl groups excluding tert-OH is 1. The van der Waals surface area contributed by atoms with Crippen molar-refractivity contribution in [2.45, 2.75) is 83.0 Å². The molecule has 0 bridgehead atoms. The van der Waals surface area contributed by atoms with Crippen molar-refractivity contribution in [3.05, 3.63) is 24.3 Å². The van der Waals surface area contributed by atoms with Crippen molar-refractivity contribution in [3.8, 4) is 0 Å². The standard InChI is InChI=1S/C18H30O4/c1-2-3-9-13-16-18(22-16)15(19)12-10-7-5-4-6-8-11-14-17(20)21/h3,9-10,12,15-16,18-19H,2,4-8,11,13-14H2,1H3,(H,20,21)/b9-3-,12-10-/t15-,16-,18+/m0/s1. The summed E-state index contributed by atoms with van der Waals surface area (Å²) >= 11 is 0. The first kappa shape index (κ1) is 18.9. The average molecular weight is 310 g/mol. The van der Waals surface area contributed by atoms with Crippen LogP contribution in [0, 0.1) is 0 Å². The molecule has 0 aromatic heterocycles. The van der Waals surface area contributed by atoms with Gasteiger partial charge in [0.15, 0.2) is 0 Å². The first-order chi connectivity index (χ1) is 10.6. The summed E-state index contributed by atoms with van der Waals surface area (Å²) in [6.07, 6.45) is 16.0. The Morgan fingerprint density at radius 1 is 1.14 bits per heavy atom. The van der Waals surface area contributed by atoms with E-state index in [4.69, 9.17) is 9.84 Å². The smallest absolute Gasteiger partial charge is 0.303 e. The lowest BCUT2D eigenvalue weighted by Crippen LogP contribution is -2.13. The van der Waals surface area contributed by atoms with Gasteiger partial charge in [0.1, 0.15) is 12.2 Å². The Morgan fingerprint density at radius 2 is 1.86 bits per heavy atom. The van der Waals surface area contributed by atoms with Gasteiger partial charge in [0.25, 0.3) is 0 Å². The predicted octanol–water partition coefficient (Wildman–Crippen LogP) is 3.84. The fourth-order valence-electron chi connectivity index (χ4n) is 2.46. The molecule has 126 valence electrons. The van der Waals surface area contributed by atoms with Crippen LogP contribution < -0.4 is 0 Å². The van der Waals surface area contributed by atoms with Gasteiger partial charge in [-0.1, -0.05) is 50.5 Å². The van der Waals surface area contributed by atoms with Crippen molar-refractivity contribution in [1.29, 1.82) is 0 Å². The third-order valence-electron chi connectivity index (χ3n) is 3.82. The highest BCUT2D eigenvalue weighted by molar-refractivity contribution is 5.66. The molecule has 2 N–H and O–H groups in total. The summed E-state index contributed by atoms with van der Waals surface area (Å²) in [6, 6.07) is 0. The Labute approximate surface area is 133 Å². The molecule has 0 unspecified atom stereocenters. The van der Waals surface area contributed by atoms with Crippen LogP contribution in [0.25, 0.3) is 0 Å². The van der Waals surface area contributed by atoms with Crippen LogP contribution >= 0.6 is 0 Å². The Bertz CT molecular complexity index is 362. The Hall–Kier alpha value is -1.13. The molecular formula is C18H30O4. The van der Waals surface area contributed by atoms with E-state index in [9.17, 15) is 9.90 Å². The molecule has 1 rings (SSSR count). The van der Waals surface area contributed by atoms with E-state index in [0.717, 1.165) is 51.4 Å². The van der Waals surface area contributed by atoms with Crippen LogP contribution in [0.15, 0.2) is 24.3 Å². The van der Waals surface area contributed by atoms with E-state index in [1.54, 1.807) is 0 Å². The summed E-state index contributed by atoms with van der Waals surface area (Å²) in [5.74, 6) is -0.706. The number of hydrogen-bond donors (Lipinski definition) is 2.